The van der Waals surface area contributed by atoms with Gasteiger partial charge in [-0.2, -0.15) is 0 Å². The molecule has 1 atom stereocenters. The first-order chi connectivity index (χ1) is 11.6. The van der Waals surface area contributed by atoms with E-state index in [4.69, 9.17) is 0 Å². The Morgan fingerprint density at radius 2 is 1.67 bits per heavy atom. The molecule has 0 aliphatic heterocycles. The van der Waals surface area contributed by atoms with Crippen LogP contribution in [0.5, 0.6) is 0 Å². The summed E-state index contributed by atoms with van der Waals surface area (Å²) >= 11 is 0. The number of amides is 2. The summed E-state index contributed by atoms with van der Waals surface area (Å²) in [6.07, 6.45) is 2.25. The normalized spacial score (nSPS) is 11.6. The minimum atomic E-state index is -0.106. The number of hydrogen-bond donors (Lipinski definition) is 2. The van der Waals surface area contributed by atoms with E-state index in [1.807, 2.05) is 54.6 Å². The van der Waals surface area contributed by atoms with E-state index in [9.17, 15) is 9.59 Å². The third-order valence-corrected chi connectivity index (χ3v) is 3.75. The average molecular weight is 324 g/mol. The van der Waals surface area contributed by atoms with Crippen LogP contribution in [0.2, 0.25) is 0 Å². The zero-order valence-electron chi connectivity index (χ0n) is 14.2. The number of benzene rings is 2. The quantitative estimate of drug-likeness (QED) is 0.813. The fourth-order valence-electron chi connectivity index (χ4n) is 2.64. The molecule has 126 valence electrons. The monoisotopic (exact) mass is 324 g/mol. The fourth-order valence-corrected chi connectivity index (χ4v) is 2.64. The molecule has 0 aliphatic rings. The van der Waals surface area contributed by atoms with Crippen molar-refractivity contribution in [3.63, 3.8) is 0 Å². The Kier molecular flexibility index (Phi) is 6.55. The van der Waals surface area contributed by atoms with Crippen molar-refractivity contribution in [3.8, 4) is 0 Å². The Bertz CT molecular complexity index is 666. The van der Waals surface area contributed by atoms with Gasteiger partial charge in [-0.05, 0) is 29.7 Å². The van der Waals surface area contributed by atoms with Gasteiger partial charge in [0.1, 0.15) is 0 Å². The molecule has 0 aliphatic carbocycles. The fraction of sp³-hybridized carbons (Fsp3) is 0.300. The van der Waals surface area contributed by atoms with E-state index in [2.05, 4.69) is 17.6 Å². The predicted octanol–water partition coefficient (Wildman–Crippen LogP) is 3.85. The molecule has 2 N–H and O–H groups in total. The summed E-state index contributed by atoms with van der Waals surface area (Å²) in [5.74, 6) is -0.102. The Morgan fingerprint density at radius 1 is 1.00 bits per heavy atom. The Balaban J connectivity index is 1.96. The molecule has 24 heavy (non-hydrogen) atoms. The second kappa shape index (κ2) is 8.87. The number of carbonyl (C=O) groups excluding carboxylic acids is 2. The highest BCUT2D eigenvalue weighted by Gasteiger charge is 2.13. The maximum atomic E-state index is 12.4. The van der Waals surface area contributed by atoms with Crippen LogP contribution in [0.25, 0.3) is 0 Å². The van der Waals surface area contributed by atoms with E-state index >= 15 is 0 Å². The summed E-state index contributed by atoms with van der Waals surface area (Å²) in [6, 6.07) is 17.4. The summed E-state index contributed by atoms with van der Waals surface area (Å²) in [5, 5.41) is 5.84. The average Bonchev–Trinajstić information content (AvgIpc) is 2.56. The number of anilines is 1. The van der Waals surface area contributed by atoms with E-state index in [0.717, 1.165) is 29.7 Å². The van der Waals surface area contributed by atoms with Crippen LogP contribution in [-0.2, 0) is 16.0 Å². The molecule has 0 aromatic heterocycles. The van der Waals surface area contributed by atoms with Gasteiger partial charge in [-0.15, -0.1) is 0 Å². The van der Waals surface area contributed by atoms with Gasteiger partial charge in [0.05, 0.1) is 12.5 Å². The lowest BCUT2D eigenvalue weighted by Crippen LogP contribution is -2.29. The maximum Gasteiger partial charge on any atom is 0.224 e. The Labute approximate surface area is 143 Å². The van der Waals surface area contributed by atoms with Crippen LogP contribution in [0.1, 0.15) is 43.9 Å². The lowest BCUT2D eigenvalue weighted by Gasteiger charge is -2.18. The lowest BCUT2D eigenvalue weighted by atomic mass is 10.0. The van der Waals surface area contributed by atoms with Crippen molar-refractivity contribution in [2.75, 3.05) is 5.32 Å². The molecular formula is C20H24N2O2. The second-order valence-corrected chi connectivity index (χ2v) is 5.87. The van der Waals surface area contributed by atoms with Crippen LogP contribution in [-0.4, -0.2) is 11.8 Å². The molecule has 2 amide bonds. The standard InChI is InChI=1S/C20H24N2O2/c1-3-7-19(17-8-5-4-6-9-17)22-20(24)14-16-10-12-18(13-11-16)21-15(2)23/h4-6,8-13,19H,3,7,14H2,1-2H3,(H,21,23)(H,22,24)/t19-/m0/s1. The van der Waals surface area contributed by atoms with Gasteiger partial charge in [0.15, 0.2) is 0 Å². The number of carbonyl (C=O) groups is 2. The van der Waals surface area contributed by atoms with Gasteiger partial charge in [0.25, 0.3) is 0 Å². The van der Waals surface area contributed by atoms with Gasteiger partial charge in [-0.3, -0.25) is 9.59 Å². The molecule has 0 radical (unpaired) electrons. The van der Waals surface area contributed by atoms with E-state index < -0.39 is 0 Å². The van der Waals surface area contributed by atoms with E-state index in [1.165, 1.54) is 6.92 Å². The summed E-state index contributed by atoms with van der Waals surface area (Å²) in [4.78, 5) is 23.4. The van der Waals surface area contributed by atoms with Crippen LogP contribution in [0.4, 0.5) is 5.69 Å². The largest absolute Gasteiger partial charge is 0.349 e. The highest BCUT2D eigenvalue weighted by Crippen LogP contribution is 2.18. The first kappa shape index (κ1) is 17.7. The third kappa shape index (κ3) is 5.54. The molecule has 0 saturated carbocycles. The molecule has 0 fully saturated rings. The molecule has 0 bridgehead atoms. The van der Waals surface area contributed by atoms with Gasteiger partial charge >= 0.3 is 0 Å². The van der Waals surface area contributed by atoms with Gasteiger partial charge in [0.2, 0.25) is 11.8 Å². The predicted molar refractivity (Wildman–Crippen MR) is 96.7 cm³/mol. The second-order valence-electron chi connectivity index (χ2n) is 5.87. The summed E-state index contributed by atoms with van der Waals surface area (Å²) in [5.41, 5.74) is 2.79. The minimum Gasteiger partial charge on any atom is -0.349 e. The number of rotatable bonds is 7. The van der Waals surface area contributed by atoms with Gasteiger partial charge in [0, 0.05) is 12.6 Å². The number of nitrogens with one attached hydrogen (secondary N) is 2. The maximum absolute atomic E-state index is 12.4. The topological polar surface area (TPSA) is 58.2 Å². The molecule has 4 nitrogen and oxygen atoms in total. The molecule has 2 rings (SSSR count). The van der Waals surface area contributed by atoms with Crippen molar-refractivity contribution >= 4 is 17.5 Å². The van der Waals surface area contributed by atoms with E-state index in [1.54, 1.807) is 0 Å². The Morgan fingerprint density at radius 3 is 2.25 bits per heavy atom. The zero-order chi connectivity index (χ0) is 17.4. The van der Waals surface area contributed by atoms with Crippen LogP contribution in [0.15, 0.2) is 54.6 Å². The smallest absolute Gasteiger partial charge is 0.224 e. The highest BCUT2D eigenvalue weighted by molar-refractivity contribution is 5.88. The summed E-state index contributed by atoms with van der Waals surface area (Å²) < 4.78 is 0. The van der Waals surface area contributed by atoms with Crippen molar-refractivity contribution < 1.29 is 9.59 Å². The third-order valence-electron chi connectivity index (χ3n) is 3.75. The molecular weight excluding hydrogens is 300 g/mol. The van der Waals surface area contributed by atoms with E-state index in [-0.39, 0.29) is 17.9 Å². The zero-order valence-corrected chi connectivity index (χ0v) is 14.2. The van der Waals surface area contributed by atoms with Crippen molar-refractivity contribution in [2.24, 2.45) is 0 Å². The summed E-state index contributed by atoms with van der Waals surface area (Å²) in [7, 11) is 0. The summed E-state index contributed by atoms with van der Waals surface area (Å²) in [6.45, 7) is 3.58. The first-order valence-electron chi connectivity index (χ1n) is 8.29. The molecule has 0 saturated heterocycles. The molecule has 4 heteroatoms. The molecule has 0 unspecified atom stereocenters. The molecule has 2 aromatic carbocycles. The molecule has 2 aromatic rings. The van der Waals surface area contributed by atoms with Crippen molar-refractivity contribution in [1.29, 1.82) is 0 Å². The lowest BCUT2D eigenvalue weighted by molar-refractivity contribution is -0.121. The van der Waals surface area contributed by atoms with Crippen LogP contribution >= 0.6 is 0 Å². The number of hydrogen-bond acceptors (Lipinski definition) is 2. The van der Waals surface area contributed by atoms with Crippen LogP contribution < -0.4 is 10.6 Å². The van der Waals surface area contributed by atoms with Crippen LogP contribution in [0, 0.1) is 0 Å². The Hall–Kier alpha value is -2.62. The van der Waals surface area contributed by atoms with Crippen molar-refractivity contribution in [2.45, 2.75) is 39.2 Å². The molecule has 0 heterocycles. The SMILES string of the molecule is CCC[C@H](NC(=O)Cc1ccc(NC(C)=O)cc1)c1ccccc1. The van der Waals surface area contributed by atoms with Crippen molar-refractivity contribution in [3.05, 3.63) is 65.7 Å². The van der Waals surface area contributed by atoms with Crippen LogP contribution in [0.3, 0.4) is 0 Å². The first-order valence-corrected chi connectivity index (χ1v) is 8.29. The van der Waals surface area contributed by atoms with E-state index in [0.29, 0.717) is 6.42 Å². The van der Waals surface area contributed by atoms with Gasteiger partial charge in [-0.25, -0.2) is 0 Å². The highest BCUT2D eigenvalue weighted by atomic mass is 16.2. The van der Waals surface area contributed by atoms with Gasteiger partial charge < -0.3 is 10.6 Å². The van der Waals surface area contributed by atoms with Gasteiger partial charge in [-0.1, -0.05) is 55.8 Å². The molecule has 0 spiro atoms. The minimum absolute atomic E-state index is 0.00424. The van der Waals surface area contributed by atoms with Crippen molar-refractivity contribution in [1.82, 2.24) is 5.32 Å².